The van der Waals surface area contributed by atoms with Crippen molar-refractivity contribution in [3.05, 3.63) is 35.9 Å². The zero-order valence-electron chi connectivity index (χ0n) is 10.3. The zero-order chi connectivity index (χ0) is 13.4. The molecule has 3 N–H and O–H groups in total. The van der Waals surface area contributed by atoms with Crippen LogP contribution < -0.4 is 0 Å². The maximum absolute atomic E-state index is 9.85. The van der Waals surface area contributed by atoms with Crippen LogP contribution in [0.4, 0.5) is 0 Å². The van der Waals surface area contributed by atoms with E-state index in [1.807, 2.05) is 30.3 Å². The van der Waals surface area contributed by atoms with Gasteiger partial charge in [0.2, 0.25) is 0 Å². The van der Waals surface area contributed by atoms with Gasteiger partial charge >= 0.3 is 0 Å². The van der Waals surface area contributed by atoms with Gasteiger partial charge in [-0.2, -0.15) is 5.06 Å². The lowest BCUT2D eigenvalue weighted by Gasteiger charge is -2.35. The maximum atomic E-state index is 9.85. The minimum Gasteiger partial charge on any atom is -0.389 e. The van der Waals surface area contributed by atoms with Gasteiger partial charge in [-0.3, -0.25) is 4.84 Å². The average Bonchev–Trinajstić information content (AvgIpc) is 2.69. The fourth-order valence-corrected chi connectivity index (χ4v) is 2.49. The van der Waals surface area contributed by atoms with Gasteiger partial charge in [0.25, 0.3) is 0 Å². The molecule has 0 saturated carbocycles. The number of hydrogen-bond acceptors (Lipinski definition) is 6. The standard InChI is InChI=1S/C13H17NO5/c15-9-6-14(13-11(17)10(16)12(9)19-13)18-7-8-4-2-1-3-5-8/h1-5,9-13,15-17H,6-7H2/t9-,10-,11-,12+,13+/m1/s1. The Morgan fingerprint density at radius 3 is 2.63 bits per heavy atom. The van der Waals surface area contributed by atoms with E-state index < -0.39 is 30.6 Å². The minimum atomic E-state index is -1.08. The molecule has 0 unspecified atom stereocenters. The van der Waals surface area contributed by atoms with E-state index in [4.69, 9.17) is 9.57 Å². The van der Waals surface area contributed by atoms with Crippen molar-refractivity contribution in [3.8, 4) is 0 Å². The molecule has 2 saturated heterocycles. The van der Waals surface area contributed by atoms with Gasteiger partial charge in [-0.15, -0.1) is 0 Å². The molecule has 2 bridgehead atoms. The third-order valence-electron chi connectivity index (χ3n) is 3.55. The Bertz CT molecular complexity index is 428. The predicted molar refractivity (Wildman–Crippen MR) is 64.6 cm³/mol. The van der Waals surface area contributed by atoms with Crippen LogP contribution in [0.25, 0.3) is 0 Å². The molecule has 19 heavy (non-hydrogen) atoms. The Morgan fingerprint density at radius 1 is 1.16 bits per heavy atom. The largest absolute Gasteiger partial charge is 0.389 e. The summed E-state index contributed by atoms with van der Waals surface area (Å²) >= 11 is 0. The number of benzene rings is 1. The maximum Gasteiger partial charge on any atom is 0.162 e. The fourth-order valence-electron chi connectivity index (χ4n) is 2.49. The molecule has 2 fully saturated rings. The molecule has 2 aliphatic heterocycles. The fraction of sp³-hybridized carbons (Fsp3) is 0.538. The third-order valence-corrected chi connectivity index (χ3v) is 3.55. The summed E-state index contributed by atoms with van der Waals surface area (Å²) in [6.07, 6.45) is -4.49. The summed E-state index contributed by atoms with van der Waals surface area (Å²) in [5, 5.41) is 30.8. The van der Waals surface area contributed by atoms with Crippen molar-refractivity contribution >= 4 is 0 Å². The Balaban J connectivity index is 1.65. The molecule has 0 radical (unpaired) electrons. The van der Waals surface area contributed by atoms with E-state index in [0.29, 0.717) is 6.61 Å². The van der Waals surface area contributed by atoms with Crippen LogP contribution in [0.15, 0.2) is 30.3 Å². The number of nitrogens with zero attached hydrogens (tertiary/aromatic N) is 1. The highest BCUT2D eigenvalue weighted by molar-refractivity contribution is 5.13. The second kappa shape index (κ2) is 5.16. The van der Waals surface area contributed by atoms with E-state index in [0.717, 1.165) is 5.56 Å². The summed E-state index contributed by atoms with van der Waals surface area (Å²) in [6.45, 7) is 0.525. The smallest absolute Gasteiger partial charge is 0.162 e. The number of aliphatic hydroxyl groups excluding tert-OH is 3. The number of fused-ring (bicyclic) bond motifs is 2. The molecule has 0 spiro atoms. The predicted octanol–water partition coefficient (Wildman–Crippen LogP) is -0.759. The molecule has 0 amide bonds. The highest BCUT2D eigenvalue weighted by atomic mass is 16.7. The topological polar surface area (TPSA) is 82.4 Å². The molecule has 104 valence electrons. The van der Waals surface area contributed by atoms with Gasteiger partial charge in [0.15, 0.2) is 6.23 Å². The van der Waals surface area contributed by atoms with Gasteiger partial charge in [0.1, 0.15) is 18.3 Å². The molecule has 6 nitrogen and oxygen atoms in total. The van der Waals surface area contributed by atoms with Crippen molar-refractivity contribution in [2.75, 3.05) is 6.54 Å². The lowest BCUT2D eigenvalue weighted by atomic mass is 10.1. The lowest BCUT2D eigenvalue weighted by molar-refractivity contribution is -0.307. The van der Waals surface area contributed by atoms with Crippen LogP contribution >= 0.6 is 0 Å². The monoisotopic (exact) mass is 267 g/mol. The van der Waals surface area contributed by atoms with E-state index >= 15 is 0 Å². The van der Waals surface area contributed by atoms with E-state index in [9.17, 15) is 15.3 Å². The molecule has 0 aromatic heterocycles. The number of hydrogen-bond donors (Lipinski definition) is 3. The van der Waals surface area contributed by atoms with Crippen molar-refractivity contribution in [2.24, 2.45) is 0 Å². The summed E-state index contributed by atoms with van der Waals surface area (Å²) < 4.78 is 5.39. The van der Waals surface area contributed by atoms with Gasteiger partial charge in [-0.1, -0.05) is 30.3 Å². The third kappa shape index (κ3) is 2.38. The van der Waals surface area contributed by atoms with Gasteiger partial charge in [0.05, 0.1) is 19.3 Å². The van der Waals surface area contributed by atoms with E-state index in [1.54, 1.807) is 0 Å². The molecule has 0 aliphatic carbocycles. The SMILES string of the molecule is O[C@@H]1[C@@H](O)[C@@H]2O[C@H]1[C@H](O)CN2OCc1ccccc1. The summed E-state index contributed by atoms with van der Waals surface area (Å²) in [4.78, 5) is 5.57. The Kier molecular flexibility index (Phi) is 3.53. The van der Waals surface area contributed by atoms with Crippen molar-refractivity contribution < 1.29 is 24.9 Å². The molecule has 5 atom stereocenters. The van der Waals surface area contributed by atoms with Crippen LogP contribution in [0.1, 0.15) is 5.56 Å². The molecule has 6 heteroatoms. The number of ether oxygens (including phenoxy) is 1. The summed E-state index contributed by atoms with van der Waals surface area (Å²) in [5.41, 5.74) is 0.979. The number of β-amino-alcohol motifs (C(OH)–C–C–N with tert-alkyl or cyclic N) is 1. The Hall–Kier alpha value is -1.02. The van der Waals surface area contributed by atoms with E-state index in [-0.39, 0.29) is 6.54 Å². The van der Waals surface area contributed by atoms with Crippen LogP contribution in [0.2, 0.25) is 0 Å². The molecule has 2 aliphatic rings. The average molecular weight is 267 g/mol. The molecular weight excluding hydrogens is 250 g/mol. The Morgan fingerprint density at radius 2 is 1.89 bits per heavy atom. The lowest BCUT2D eigenvalue weighted by Crippen LogP contribution is -2.51. The quantitative estimate of drug-likeness (QED) is 0.668. The molecule has 1 aromatic carbocycles. The number of rotatable bonds is 3. The summed E-state index contributed by atoms with van der Waals surface area (Å²) in [7, 11) is 0. The zero-order valence-corrected chi connectivity index (χ0v) is 10.3. The van der Waals surface area contributed by atoms with Crippen LogP contribution in [-0.4, -0.2) is 57.6 Å². The van der Waals surface area contributed by atoms with E-state index in [1.165, 1.54) is 5.06 Å². The highest BCUT2D eigenvalue weighted by Crippen LogP contribution is 2.31. The second-order valence-electron chi connectivity index (χ2n) is 4.90. The molecule has 2 heterocycles. The molecule has 1 aromatic rings. The molecular formula is C13H17NO5. The minimum absolute atomic E-state index is 0.205. The first kappa shape index (κ1) is 13.0. The van der Waals surface area contributed by atoms with Gasteiger partial charge in [-0.25, -0.2) is 0 Å². The van der Waals surface area contributed by atoms with Crippen molar-refractivity contribution in [3.63, 3.8) is 0 Å². The first-order valence-electron chi connectivity index (χ1n) is 6.30. The van der Waals surface area contributed by atoms with Crippen LogP contribution in [0.3, 0.4) is 0 Å². The van der Waals surface area contributed by atoms with Crippen LogP contribution in [-0.2, 0) is 16.2 Å². The first-order chi connectivity index (χ1) is 9.16. The van der Waals surface area contributed by atoms with Gasteiger partial charge < -0.3 is 20.1 Å². The first-order valence-corrected chi connectivity index (χ1v) is 6.30. The van der Waals surface area contributed by atoms with Crippen molar-refractivity contribution in [1.29, 1.82) is 0 Å². The summed E-state index contributed by atoms with van der Waals surface area (Å²) in [6, 6.07) is 9.57. The van der Waals surface area contributed by atoms with E-state index in [2.05, 4.69) is 0 Å². The normalized spacial score (nSPS) is 38.6. The van der Waals surface area contributed by atoms with Crippen LogP contribution in [0, 0.1) is 0 Å². The van der Waals surface area contributed by atoms with Crippen molar-refractivity contribution in [2.45, 2.75) is 37.3 Å². The number of hydroxylamine groups is 2. The van der Waals surface area contributed by atoms with Gasteiger partial charge in [-0.05, 0) is 5.56 Å². The molecule has 3 rings (SSSR count). The Labute approximate surface area is 110 Å². The van der Waals surface area contributed by atoms with Gasteiger partial charge in [0, 0.05) is 0 Å². The van der Waals surface area contributed by atoms with Crippen LogP contribution in [0.5, 0.6) is 0 Å². The highest BCUT2D eigenvalue weighted by Gasteiger charge is 2.53. The summed E-state index contributed by atoms with van der Waals surface area (Å²) in [5.74, 6) is 0. The van der Waals surface area contributed by atoms with Crippen molar-refractivity contribution in [1.82, 2.24) is 5.06 Å². The second-order valence-corrected chi connectivity index (χ2v) is 4.90. The number of aliphatic hydroxyl groups is 3.